The first-order chi connectivity index (χ1) is 6.27. The minimum atomic E-state index is -0.175. The normalized spacial score (nSPS) is 9.38. The van der Waals surface area contributed by atoms with Crippen LogP contribution in [0.5, 0.6) is 0 Å². The third kappa shape index (κ3) is 2.41. The SMILES string of the molecule is CCNC(=O)c1ccc(NN)cn1. The number of nitrogens with one attached hydrogen (secondary N) is 2. The highest BCUT2D eigenvalue weighted by molar-refractivity contribution is 5.92. The molecule has 0 unspecified atom stereocenters. The van der Waals surface area contributed by atoms with E-state index in [1.807, 2.05) is 6.92 Å². The molecule has 0 atom stereocenters. The largest absolute Gasteiger partial charge is 0.351 e. The molecule has 1 amide bonds. The summed E-state index contributed by atoms with van der Waals surface area (Å²) < 4.78 is 0. The number of carbonyl (C=O) groups excluding carboxylic acids is 1. The van der Waals surface area contributed by atoms with Crippen LogP contribution in [0.1, 0.15) is 17.4 Å². The van der Waals surface area contributed by atoms with Gasteiger partial charge in [0.2, 0.25) is 0 Å². The van der Waals surface area contributed by atoms with E-state index in [4.69, 9.17) is 5.84 Å². The van der Waals surface area contributed by atoms with Gasteiger partial charge >= 0.3 is 0 Å². The van der Waals surface area contributed by atoms with E-state index in [2.05, 4.69) is 15.7 Å². The van der Waals surface area contributed by atoms with Crippen molar-refractivity contribution in [3.05, 3.63) is 24.0 Å². The summed E-state index contributed by atoms with van der Waals surface area (Å²) in [6.07, 6.45) is 1.50. The predicted octanol–water partition coefficient (Wildman–Crippen LogP) is 0.117. The minimum Gasteiger partial charge on any atom is -0.351 e. The second kappa shape index (κ2) is 4.42. The van der Waals surface area contributed by atoms with Gasteiger partial charge in [0.25, 0.3) is 5.91 Å². The highest BCUT2D eigenvalue weighted by Crippen LogP contribution is 2.03. The van der Waals surface area contributed by atoms with Crippen molar-refractivity contribution < 1.29 is 4.79 Å². The number of nitrogen functional groups attached to an aromatic ring is 1. The maximum Gasteiger partial charge on any atom is 0.269 e. The molecule has 0 aliphatic carbocycles. The van der Waals surface area contributed by atoms with Gasteiger partial charge in [-0.25, -0.2) is 4.98 Å². The lowest BCUT2D eigenvalue weighted by Gasteiger charge is -2.02. The number of rotatable bonds is 3. The van der Waals surface area contributed by atoms with Crippen LogP contribution in [0, 0.1) is 0 Å². The van der Waals surface area contributed by atoms with Crippen molar-refractivity contribution in [2.45, 2.75) is 6.92 Å². The summed E-state index contributed by atoms with van der Waals surface area (Å²) in [6, 6.07) is 3.30. The maximum atomic E-state index is 11.2. The molecule has 13 heavy (non-hydrogen) atoms. The summed E-state index contributed by atoms with van der Waals surface area (Å²) in [5.41, 5.74) is 3.49. The molecule has 0 saturated carbocycles. The van der Waals surface area contributed by atoms with Crippen LogP contribution in [0.15, 0.2) is 18.3 Å². The lowest BCUT2D eigenvalue weighted by molar-refractivity contribution is 0.0951. The van der Waals surface area contributed by atoms with Gasteiger partial charge in [0, 0.05) is 6.54 Å². The van der Waals surface area contributed by atoms with E-state index in [0.717, 1.165) is 0 Å². The Morgan fingerprint density at radius 2 is 2.38 bits per heavy atom. The van der Waals surface area contributed by atoms with E-state index >= 15 is 0 Å². The molecule has 1 aromatic heterocycles. The van der Waals surface area contributed by atoms with Gasteiger partial charge in [-0.3, -0.25) is 10.6 Å². The second-order valence-corrected chi connectivity index (χ2v) is 2.44. The van der Waals surface area contributed by atoms with E-state index in [1.165, 1.54) is 6.20 Å². The molecule has 0 saturated heterocycles. The van der Waals surface area contributed by atoms with Crippen LogP contribution < -0.4 is 16.6 Å². The number of hydrogen-bond acceptors (Lipinski definition) is 4. The molecule has 0 aromatic carbocycles. The number of nitrogens with two attached hydrogens (primary N) is 1. The van der Waals surface area contributed by atoms with E-state index in [1.54, 1.807) is 12.1 Å². The molecule has 5 nitrogen and oxygen atoms in total. The smallest absolute Gasteiger partial charge is 0.269 e. The third-order valence-electron chi connectivity index (χ3n) is 1.50. The second-order valence-electron chi connectivity index (χ2n) is 2.44. The number of pyridine rings is 1. The molecule has 0 fully saturated rings. The molecule has 1 aromatic rings. The number of anilines is 1. The van der Waals surface area contributed by atoms with Crippen LogP contribution in [0.25, 0.3) is 0 Å². The monoisotopic (exact) mass is 180 g/mol. The van der Waals surface area contributed by atoms with Crippen molar-refractivity contribution in [3.8, 4) is 0 Å². The Morgan fingerprint density at radius 3 is 2.85 bits per heavy atom. The number of hydrogen-bond donors (Lipinski definition) is 3. The molecule has 4 N–H and O–H groups in total. The van der Waals surface area contributed by atoms with Gasteiger partial charge in [0.05, 0.1) is 11.9 Å². The van der Waals surface area contributed by atoms with E-state index < -0.39 is 0 Å². The number of carbonyl (C=O) groups is 1. The zero-order valence-electron chi connectivity index (χ0n) is 7.37. The fraction of sp³-hybridized carbons (Fsp3) is 0.250. The zero-order chi connectivity index (χ0) is 9.68. The fourth-order valence-corrected chi connectivity index (χ4v) is 0.865. The summed E-state index contributed by atoms with van der Waals surface area (Å²) in [4.78, 5) is 15.1. The number of hydrazine groups is 1. The molecule has 0 aliphatic rings. The molecule has 0 aliphatic heterocycles. The summed E-state index contributed by atoms with van der Waals surface area (Å²) in [7, 11) is 0. The average molecular weight is 180 g/mol. The lowest BCUT2D eigenvalue weighted by atomic mass is 10.3. The van der Waals surface area contributed by atoms with E-state index in [0.29, 0.717) is 17.9 Å². The van der Waals surface area contributed by atoms with Gasteiger partial charge in [0.15, 0.2) is 0 Å². The lowest BCUT2D eigenvalue weighted by Crippen LogP contribution is -2.23. The first-order valence-corrected chi connectivity index (χ1v) is 3.98. The fourth-order valence-electron chi connectivity index (χ4n) is 0.865. The maximum absolute atomic E-state index is 11.2. The van der Waals surface area contributed by atoms with E-state index in [-0.39, 0.29) is 5.91 Å². The van der Waals surface area contributed by atoms with Crippen LogP contribution in [-0.4, -0.2) is 17.4 Å². The van der Waals surface area contributed by atoms with Gasteiger partial charge in [-0.05, 0) is 19.1 Å². The van der Waals surface area contributed by atoms with Gasteiger partial charge < -0.3 is 10.7 Å². The van der Waals surface area contributed by atoms with Crippen LogP contribution in [0.4, 0.5) is 5.69 Å². The van der Waals surface area contributed by atoms with Crippen molar-refractivity contribution in [1.82, 2.24) is 10.3 Å². The van der Waals surface area contributed by atoms with Crippen LogP contribution >= 0.6 is 0 Å². The standard InChI is InChI=1S/C8H12N4O/c1-2-10-8(13)7-4-3-6(12-9)5-11-7/h3-5,12H,2,9H2,1H3,(H,10,13). The number of amides is 1. The molecular formula is C8H12N4O. The number of nitrogens with zero attached hydrogens (tertiary/aromatic N) is 1. The molecular weight excluding hydrogens is 168 g/mol. The Hall–Kier alpha value is -1.62. The van der Waals surface area contributed by atoms with Gasteiger partial charge in [-0.1, -0.05) is 0 Å². The van der Waals surface area contributed by atoms with Crippen molar-refractivity contribution in [2.75, 3.05) is 12.0 Å². The molecule has 0 bridgehead atoms. The van der Waals surface area contributed by atoms with Crippen molar-refractivity contribution >= 4 is 11.6 Å². The quantitative estimate of drug-likeness (QED) is 0.456. The zero-order valence-corrected chi connectivity index (χ0v) is 7.37. The Bertz CT molecular complexity index is 283. The Balaban J connectivity index is 2.74. The van der Waals surface area contributed by atoms with Crippen molar-refractivity contribution in [2.24, 2.45) is 5.84 Å². The minimum absolute atomic E-state index is 0.175. The topological polar surface area (TPSA) is 80.0 Å². The average Bonchev–Trinajstić information content (AvgIpc) is 2.18. The first kappa shape index (κ1) is 9.47. The van der Waals surface area contributed by atoms with Crippen LogP contribution in [-0.2, 0) is 0 Å². The van der Waals surface area contributed by atoms with E-state index in [9.17, 15) is 4.79 Å². The molecule has 1 rings (SSSR count). The molecule has 5 heteroatoms. The van der Waals surface area contributed by atoms with Crippen molar-refractivity contribution in [1.29, 1.82) is 0 Å². The van der Waals surface area contributed by atoms with Gasteiger partial charge in [-0.15, -0.1) is 0 Å². The van der Waals surface area contributed by atoms with Crippen molar-refractivity contribution in [3.63, 3.8) is 0 Å². The first-order valence-electron chi connectivity index (χ1n) is 3.98. The molecule has 70 valence electrons. The van der Waals surface area contributed by atoms with Crippen LogP contribution in [0.3, 0.4) is 0 Å². The van der Waals surface area contributed by atoms with Gasteiger partial charge in [0.1, 0.15) is 5.69 Å². The molecule has 1 heterocycles. The summed E-state index contributed by atoms with van der Waals surface area (Å²) in [5.74, 6) is 4.97. The Labute approximate surface area is 76.3 Å². The number of aromatic nitrogens is 1. The molecule has 0 spiro atoms. The Morgan fingerprint density at radius 1 is 1.62 bits per heavy atom. The highest BCUT2D eigenvalue weighted by Gasteiger charge is 2.03. The third-order valence-corrected chi connectivity index (χ3v) is 1.50. The Kier molecular flexibility index (Phi) is 3.22. The molecule has 0 radical (unpaired) electrons. The van der Waals surface area contributed by atoms with Crippen LogP contribution in [0.2, 0.25) is 0 Å². The summed E-state index contributed by atoms with van der Waals surface area (Å²) in [6.45, 7) is 2.45. The van der Waals surface area contributed by atoms with Gasteiger partial charge in [-0.2, -0.15) is 0 Å². The summed E-state index contributed by atoms with van der Waals surface area (Å²) in [5, 5.41) is 2.65. The summed E-state index contributed by atoms with van der Waals surface area (Å²) >= 11 is 0. The predicted molar refractivity (Wildman–Crippen MR) is 50.1 cm³/mol. The highest BCUT2D eigenvalue weighted by atomic mass is 16.1.